The van der Waals surface area contributed by atoms with Crippen LogP contribution in [0.15, 0.2) is 18.2 Å². The number of anilines is 1. The van der Waals surface area contributed by atoms with E-state index in [1.807, 2.05) is 4.57 Å². The van der Waals surface area contributed by atoms with Crippen LogP contribution in [0.3, 0.4) is 0 Å². The summed E-state index contributed by atoms with van der Waals surface area (Å²) >= 11 is 0. The number of hydrogen-bond acceptors (Lipinski definition) is 6. The van der Waals surface area contributed by atoms with Gasteiger partial charge in [-0.2, -0.15) is 5.53 Å². The van der Waals surface area contributed by atoms with Gasteiger partial charge in [0, 0.05) is 30.0 Å². The predicted octanol–water partition coefficient (Wildman–Crippen LogP) is 1.26. The van der Waals surface area contributed by atoms with Crippen molar-refractivity contribution < 1.29 is 23.2 Å². The highest BCUT2D eigenvalue weighted by Crippen LogP contribution is 2.54. The topological polar surface area (TPSA) is 116 Å². The Morgan fingerprint density at radius 3 is 2.65 bits per heavy atom. The highest BCUT2D eigenvalue weighted by atomic mass is 19.2. The van der Waals surface area contributed by atoms with Crippen molar-refractivity contribution in [1.82, 2.24) is 26.3 Å². The number of carbonyl (C=O) groups excluding carboxylic acids is 3. The van der Waals surface area contributed by atoms with E-state index >= 15 is 0 Å². The van der Waals surface area contributed by atoms with Gasteiger partial charge in [-0.05, 0) is 56.2 Å². The number of aromatic nitrogens is 1. The first kappa shape index (κ1) is 21.4. The van der Waals surface area contributed by atoms with E-state index in [4.69, 9.17) is 0 Å². The van der Waals surface area contributed by atoms with E-state index in [2.05, 4.69) is 27.0 Å². The number of fused-ring (bicyclic) bond motifs is 3. The van der Waals surface area contributed by atoms with Crippen LogP contribution in [0.1, 0.15) is 57.4 Å². The molecule has 11 heteroatoms. The van der Waals surface area contributed by atoms with Gasteiger partial charge in [-0.1, -0.05) is 0 Å². The summed E-state index contributed by atoms with van der Waals surface area (Å²) in [6, 6.07) is 3.20. The molecule has 2 aliphatic carbocycles. The molecule has 3 heterocycles. The van der Waals surface area contributed by atoms with Crippen LogP contribution in [0.2, 0.25) is 0 Å². The second-order valence-electron chi connectivity index (χ2n) is 9.66. The van der Waals surface area contributed by atoms with Crippen LogP contribution in [0, 0.1) is 24.5 Å². The number of ketones is 1. The molecule has 0 radical (unpaired) electrons. The van der Waals surface area contributed by atoms with Crippen LogP contribution < -0.4 is 27.0 Å². The second kappa shape index (κ2) is 7.42. The lowest BCUT2D eigenvalue weighted by Gasteiger charge is -2.22. The maximum atomic E-state index is 13.6. The fourth-order valence-corrected chi connectivity index (χ4v) is 5.47. The lowest BCUT2D eigenvalue weighted by molar-refractivity contribution is -0.118. The van der Waals surface area contributed by atoms with Gasteiger partial charge in [-0.25, -0.2) is 19.6 Å². The van der Waals surface area contributed by atoms with Crippen LogP contribution in [0.4, 0.5) is 14.5 Å². The van der Waals surface area contributed by atoms with Crippen LogP contribution in [-0.4, -0.2) is 40.3 Å². The molecule has 1 unspecified atom stereocenters. The molecule has 1 aromatic carbocycles. The lowest BCUT2D eigenvalue weighted by atomic mass is 10.0. The van der Waals surface area contributed by atoms with E-state index in [0.717, 1.165) is 31.4 Å². The lowest BCUT2D eigenvalue weighted by Crippen LogP contribution is -2.53. The number of hydrazine groups is 2. The van der Waals surface area contributed by atoms with Crippen molar-refractivity contribution in [2.75, 3.05) is 11.9 Å². The molecular weight excluding hydrogens is 446 g/mol. The molecular formula is C23H24F2N6O3. The summed E-state index contributed by atoms with van der Waals surface area (Å²) in [5.74, 6) is -3.60. The Bertz CT molecular complexity index is 1250. The number of rotatable bonds is 6. The summed E-state index contributed by atoms with van der Waals surface area (Å²) in [6.07, 6.45) is 3.07. The number of benzene rings is 1. The highest BCUT2D eigenvalue weighted by molar-refractivity contribution is 6.44. The number of carbonyl (C=O) groups is 3. The first-order valence-electron chi connectivity index (χ1n) is 11.4. The molecule has 9 nitrogen and oxygen atoms in total. The Kier molecular flexibility index (Phi) is 4.67. The molecule has 6 rings (SSSR count). The van der Waals surface area contributed by atoms with Crippen molar-refractivity contribution >= 4 is 23.3 Å². The van der Waals surface area contributed by atoms with Crippen molar-refractivity contribution in [3.05, 3.63) is 52.3 Å². The number of nitrogens with one attached hydrogen (secondary N) is 5. The third-order valence-corrected chi connectivity index (χ3v) is 7.51. The average Bonchev–Trinajstić information content (AvgIpc) is 3.59. The molecule has 34 heavy (non-hydrogen) atoms. The van der Waals surface area contributed by atoms with Gasteiger partial charge in [0.1, 0.15) is 5.69 Å². The molecule has 0 spiro atoms. The smallest absolute Gasteiger partial charge is 0.292 e. The molecule has 3 atom stereocenters. The SMILES string of the molecule is Cc1c(C(=O)C(=O)NC2(C3CNNN3)CC2)c2n(c1C(=O)Nc1ccc(F)c(F)c1)[C@@H]1C[C@@H]1C2. The zero-order valence-corrected chi connectivity index (χ0v) is 18.4. The minimum Gasteiger partial charge on any atom is -0.342 e. The quantitative estimate of drug-likeness (QED) is 0.321. The molecule has 3 fully saturated rings. The standard InChI is InChI=1S/C23H24F2N6O3/c1-10-18(20(32)22(34)28-23(4-5-23)17-9-26-30-29-17)16-7-11-6-15(11)31(16)19(10)21(33)27-12-2-3-13(24)14(25)8-12/h2-3,8,11,15,17,26,29-30H,4-7,9H2,1H3,(H,27,33)(H,28,34)/t11-,15-,17?/m1/s1. The number of nitrogens with zero attached hydrogens (tertiary/aromatic N) is 1. The van der Waals surface area contributed by atoms with Gasteiger partial charge in [0.05, 0.1) is 17.1 Å². The Labute approximate surface area is 193 Å². The van der Waals surface area contributed by atoms with Crippen LogP contribution in [0.25, 0.3) is 0 Å². The maximum absolute atomic E-state index is 13.6. The normalized spacial score (nSPS) is 25.4. The first-order valence-corrected chi connectivity index (χ1v) is 11.4. The van der Waals surface area contributed by atoms with Gasteiger partial charge in [-0.15, -0.1) is 0 Å². The maximum Gasteiger partial charge on any atom is 0.292 e. The highest BCUT2D eigenvalue weighted by Gasteiger charge is 2.54. The van der Waals surface area contributed by atoms with E-state index in [1.165, 1.54) is 6.07 Å². The van der Waals surface area contributed by atoms with Gasteiger partial charge >= 0.3 is 0 Å². The summed E-state index contributed by atoms with van der Waals surface area (Å²) in [4.78, 5) is 39.6. The summed E-state index contributed by atoms with van der Waals surface area (Å²) in [6.45, 7) is 2.27. The average molecular weight is 470 g/mol. The monoisotopic (exact) mass is 470 g/mol. The van der Waals surface area contributed by atoms with Crippen molar-refractivity contribution in [2.45, 2.75) is 50.2 Å². The van der Waals surface area contributed by atoms with Crippen LogP contribution in [0.5, 0.6) is 0 Å². The molecule has 1 aromatic heterocycles. The van der Waals surface area contributed by atoms with Crippen molar-refractivity contribution in [1.29, 1.82) is 0 Å². The number of halogens is 2. The van der Waals surface area contributed by atoms with Crippen LogP contribution >= 0.6 is 0 Å². The summed E-state index contributed by atoms with van der Waals surface area (Å²) in [7, 11) is 0. The third kappa shape index (κ3) is 3.26. The number of amides is 2. The van der Waals surface area contributed by atoms with E-state index in [1.54, 1.807) is 6.92 Å². The number of Topliss-reactive ketones (excluding diaryl/α,β-unsaturated/α-hetero) is 1. The molecule has 2 saturated carbocycles. The zero-order valence-electron chi connectivity index (χ0n) is 18.4. The second-order valence-corrected chi connectivity index (χ2v) is 9.66. The fraction of sp³-hybridized carbons (Fsp3) is 0.435. The Hall–Kier alpha value is -3.15. The van der Waals surface area contributed by atoms with Gasteiger partial charge in [0.2, 0.25) is 0 Å². The van der Waals surface area contributed by atoms with Crippen molar-refractivity contribution in [2.24, 2.45) is 5.92 Å². The van der Waals surface area contributed by atoms with Crippen molar-refractivity contribution in [3.8, 4) is 0 Å². The fourth-order valence-electron chi connectivity index (χ4n) is 5.47. The molecule has 2 amide bonds. The largest absolute Gasteiger partial charge is 0.342 e. The molecule has 1 saturated heterocycles. The van der Waals surface area contributed by atoms with E-state index in [0.29, 0.717) is 30.1 Å². The molecule has 4 aliphatic rings. The Morgan fingerprint density at radius 2 is 1.97 bits per heavy atom. The van der Waals surface area contributed by atoms with E-state index < -0.39 is 34.8 Å². The van der Waals surface area contributed by atoms with E-state index in [-0.39, 0.29) is 29.0 Å². The summed E-state index contributed by atoms with van der Waals surface area (Å²) < 4.78 is 28.7. The van der Waals surface area contributed by atoms with Gasteiger partial charge in [-0.3, -0.25) is 14.4 Å². The molecule has 2 aromatic rings. The molecule has 2 aliphatic heterocycles. The van der Waals surface area contributed by atoms with Gasteiger partial charge in [0.15, 0.2) is 11.6 Å². The Balaban J connectivity index is 1.29. The van der Waals surface area contributed by atoms with Crippen LogP contribution in [-0.2, 0) is 11.2 Å². The minimum atomic E-state index is -1.07. The molecule has 5 N–H and O–H groups in total. The molecule has 0 bridgehead atoms. The van der Waals surface area contributed by atoms with Gasteiger partial charge < -0.3 is 15.2 Å². The predicted molar refractivity (Wildman–Crippen MR) is 117 cm³/mol. The minimum absolute atomic E-state index is 0.0322. The zero-order chi connectivity index (χ0) is 23.8. The number of hydrogen-bond donors (Lipinski definition) is 5. The van der Waals surface area contributed by atoms with Gasteiger partial charge in [0.25, 0.3) is 17.6 Å². The summed E-state index contributed by atoms with van der Waals surface area (Å²) in [5.41, 5.74) is 10.1. The van der Waals surface area contributed by atoms with Crippen molar-refractivity contribution in [3.63, 3.8) is 0 Å². The molecule has 178 valence electrons. The third-order valence-electron chi connectivity index (χ3n) is 7.51. The van der Waals surface area contributed by atoms with E-state index in [9.17, 15) is 23.2 Å². The summed E-state index contributed by atoms with van der Waals surface area (Å²) in [5, 5.41) is 5.52. The first-order chi connectivity index (χ1) is 16.3. The Morgan fingerprint density at radius 1 is 1.18 bits per heavy atom.